The molecule has 0 fully saturated rings. The number of rotatable bonds is 4. The van der Waals surface area contributed by atoms with Crippen LogP contribution < -0.4 is 10.6 Å². The summed E-state index contributed by atoms with van der Waals surface area (Å²) in [5.74, 6) is -0.196. The van der Waals surface area contributed by atoms with Crippen molar-refractivity contribution in [2.45, 2.75) is 6.92 Å². The van der Waals surface area contributed by atoms with E-state index < -0.39 is 0 Å². The third kappa shape index (κ3) is 3.84. The summed E-state index contributed by atoms with van der Waals surface area (Å²) in [5.41, 5.74) is 2.93. The van der Waals surface area contributed by atoms with Crippen LogP contribution in [0.1, 0.15) is 6.92 Å². The Morgan fingerprint density at radius 2 is 2.25 bits per heavy atom. The minimum absolute atomic E-state index is 0.196. The Morgan fingerprint density at radius 1 is 1.40 bits per heavy atom. The molecular weight excluding hydrogens is 270 g/mol. The molecule has 0 saturated carbocycles. The normalized spacial score (nSPS) is 11.4. The van der Waals surface area contributed by atoms with Gasteiger partial charge < -0.3 is 10.6 Å². The summed E-state index contributed by atoms with van der Waals surface area (Å²) in [5, 5.41) is 18.2. The number of carbonyl (C=O) groups excluding carboxylic acids is 1. The van der Waals surface area contributed by atoms with Crippen molar-refractivity contribution in [1.29, 1.82) is 5.26 Å². The maximum Gasteiger partial charge on any atom is 0.319 e. The van der Waals surface area contributed by atoms with E-state index in [0.717, 1.165) is 16.8 Å². The van der Waals surface area contributed by atoms with Crippen molar-refractivity contribution in [2.75, 3.05) is 11.9 Å². The number of anilines is 1. The standard InChI is InChI=1S/C15H15N3OS/c1-11(8-16)9-17-15(19)18-14-4-2-3-12(7-14)13-5-6-20-10-13/h2-7,10-11H,9H2,1H3,(H2,17,18,19)/t11-/m1/s1. The molecule has 102 valence electrons. The first-order chi connectivity index (χ1) is 9.69. The fraction of sp³-hybridized carbons (Fsp3) is 0.200. The number of hydrogen-bond acceptors (Lipinski definition) is 3. The quantitative estimate of drug-likeness (QED) is 0.899. The molecule has 4 nitrogen and oxygen atoms in total. The number of urea groups is 1. The van der Waals surface area contributed by atoms with Gasteiger partial charge in [-0.2, -0.15) is 16.6 Å². The zero-order chi connectivity index (χ0) is 14.4. The molecule has 0 spiro atoms. The summed E-state index contributed by atoms with van der Waals surface area (Å²) in [4.78, 5) is 11.7. The topological polar surface area (TPSA) is 64.9 Å². The molecule has 2 aromatic rings. The summed E-state index contributed by atoms with van der Waals surface area (Å²) in [6.45, 7) is 2.10. The van der Waals surface area contributed by atoms with Crippen molar-refractivity contribution >= 4 is 23.1 Å². The van der Waals surface area contributed by atoms with Gasteiger partial charge in [-0.3, -0.25) is 0 Å². The fourth-order valence-electron chi connectivity index (χ4n) is 1.67. The van der Waals surface area contributed by atoms with Crippen molar-refractivity contribution in [3.8, 4) is 17.2 Å². The summed E-state index contributed by atoms with van der Waals surface area (Å²) in [6.07, 6.45) is 0. The Bertz CT molecular complexity index is 616. The number of nitrogens with zero attached hydrogens (tertiary/aromatic N) is 1. The third-order valence-electron chi connectivity index (χ3n) is 2.76. The Morgan fingerprint density at radius 3 is 2.95 bits per heavy atom. The number of amides is 2. The van der Waals surface area contributed by atoms with Gasteiger partial charge in [0.15, 0.2) is 0 Å². The highest BCUT2D eigenvalue weighted by atomic mass is 32.1. The molecule has 5 heteroatoms. The van der Waals surface area contributed by atoms with Gasteiger partial charge in [0.1, 0.15) is 0 Å². The molecule has 0 bridgehead atoms. The van der Waals surface area contributed by atoms with E-state index in [1.165, 1.54) is 0 Å². The van der Waals surface area contributed by atoms with E-state index in [-0.39, 0.29) is 11.9 Å². The second-order valence-electron chi connectivity index (χ2n) is 4.46. The smallest absolute Gasteiger partial charge is 0.319 e. The lowest BCUT2D eigenvalue weighted by Crippen LogP contribution is -2.31. The maximum absolute atomic E-state index is 11.7. The van der Waals surface area contributed by atoms with Crippen LogP contribution in [0.3, 0.4) is 0 Å². The lowest BCUT2D eigenvalue weighted by molar-refractivity contribution is 0.251. The molecule has 1 aromatic carbocycles. The van der Waals surface area contributed by atoms with Gasteiger partial charge in [0.2, 0.25) is 0 Å². The predicted octanol–water partition coefficient (Wildman–Crippen LogP) is 3.70. The molecule has 0 aliphatic heterocycles. The van der Waals surface area contributed by atoms with Gasteiger partial charge in [0.25, 0.3) is 0 Å². The summed E-state index contributed by atoms with van der Waals surface area (Å²) in [6, 6.07) is 11.5. The first-order valence-corrected chi connectivity index (χ1v) is 7.20. The van der Waals surface area contributed by atoms with Crippen molar-refractivity contribution in [3.63, 3.8) is 0 Å². The van der Waals surface area contributed by atoms with Gasteiger partial charge in [-0.25, -0.2) is 4.79 Å². The minimum atomic E-state index is -0.297. The lowest BCUT2D eigenvalue weighted by Gasteiger charge is -2.09. The molecule has 0 aliphatic carbocycles. The van der Waals surface area contributed by atoms with E-state index in [9.17, 15) is 4.79 Å². The van der Waals surface area contributed by atoms with Crippen molar-refractivity contribution in [2.24, 2.45) is 5.92 Å². The van der Waals surface area contributed by atoms with Crippen LogP contribution in [-0.4, -0.2) is 12.6 Å². The number of nitrogens with one attached hydrogen (secondary N) is 2. The van der Waals surface area contributed by atoms with Crippen LogP contribution in [0.2, 0.25) is 0 Å². The molecule has 1 heterocycles. The Balaban J connectivity index is 1.98. The highest BCUT2D eigenvalue weighted by Crippen LogP contribution is 2.24. The van der Waals surface area contributed by atoms with Crippen molar-refractivity contribution < 1.29 is 4.79 Å². The van der Waals surface area contributed by atoms with Crippen LogP contribution in [0.25, 0.3) is 11.1 Å². The van der Waals surface area contributed by atoms with Crippen LogP contribution >= 0.6 is 11.3 Å². The van der Waals surface area contributed by atoms with E-state index in [1.807, 2.05) is 35.7 Å². The average molecular weight is 285 g/mol. The second-order valence-corrected chi connectivity index (χ2v) is 5.24. The van der Waals surface area contributed by atoms with E-state index in [0.29, 0.717) is 6.54 Å². The van der Waals surface area contributed by atoms with Gasteiger partial charge in [-0.1, -0.05) is 12.1 Å². The van der Waals surface area contributed by atoms with Gasteiger partial charge >= 0.3 is 6.03 Å². The first kappa shape index (κ1) is 14.1. The van der Waals surface area contributed by atoms with E-state index in [1.54, 1.807) is 18.3 Å². The molecule has 0 aliphatic rings. The monoisotopic (exact) mass is 285 g/mol. The average Bonchev–Trinajstić information content (AvgIpc) is 2.99. The summed E-state index contributed by atoms with van der Waals surface area (Å²) < 4.78 is 0. The highest BCUT2D eigenvalue weighted by molar-refractivity contribution is 7.08. The first-order valence-electron chi connectivity index (χ1n) is 6.26. The third-order valence-corrected chi connectivity index (χ3v) is 3.45. The van der Waals surface area contributed by atoms with Gasteiger partial charge in [0, 0.05) is 12.2 Å². The van der Waals surface area contributed by atoms with Crippen LogP contribution in [0.15, 0.2) is 41.1 Å². The SMILES string of the molecule is C[C@H](C#N)CNC(=O)Nc1cccc(-c2ccsc2)c1. The fourth-order valence-corrected chi connectivity index (χ4v) is 2.34. The van der Waals surface area contributed by atoms with Gasteiger partial charge in [-0.15, -0.1) is 0 Å². The molecule has 2 amide bonds. The molecule has 0 saturated heterocycles. The number of benzene rings is 1. The molecule has 0 radical (unpaired) electrons. The lowest BCUT2D eigenvalue weighted by atomic mass is 10.1. The molecule has 0 unspecified atom stereocenters. The number of nitriles is 1. The Hall–Kier alpha value is -2.32. The van der Waals surface area contributed by atoms with E-state index >= 15 is 0 Å². The number of thiophene rings is 1. The number of carbonyl (C=O) groups is 1. The molecule has 2 N–H and O–H groups in total. The van der Waals surface area contributed by atoms with Crippen LogP contribution in [-0.2, 0) is 0 Å². The Labute approximate surface area is 122 Å². The largest absolute Gasteiger partial charge is 0.337 e. The molecule has 1 aromatic heterocycles. The zero-order valence-corrected chi connectivity index (χ0v) is 11.9. The van der Waals surface area contributed by atoms with Crippen molar-refractivity contribution in [3.05, 3.63) is 41.1 Å². The summed E-state index contributed by atoms with van der Waals surface area (Å²) >= 11 is 1.64. The van der Waals surface area contributed by atoms with Crippen LogP contribution in [0.5, 0.6) is 0 Å². The summed E-state index contributed by atoms with van der Waals surface area (Å²) in [7, 11) is 0. The van der Waals surface area contributed by atoms with E-state index in [2.05, 4.69) is 22.1 Å². The van der Waals surface area contributed by atoms with Crippen LogP contribution in [0.4, 0.5) is 10.5 Å². The highest BCUT2D eigenvalue weighted by Gasteiger charge is 2.05. The van der Waals surface area contributed by atoms with Crippen molar-refractivity contribution in [1.82, 2.24) is 5.32 Å². The predicted molar refractivity (Wildman–Crippen MR) is 81.6 cm³/mol. The molecule has 20 heavy (non-hydrogen) atoms. The molecular formula is C15H15N3OS. The number of hydrogen-bond donors (Lipinski definition) is 2. The molecule has 2 rings (SSSR count). The zero-order valence-electron chi connectivity index (χ0n) is 11.1. The van der Waals surface area contributed by atoms with Crippen LogP contribution in [0, 0.1) is 17.2 Å². The molecule has 1 atom stereocenters. The van der Waals surface area contributed by atoms with Gasteiger partial charge in [-0.05, 0) is 47.0 Å². The maximum atomic E-state index is 11.7. The Kier molecular flexibility index (Phi) is 4.75. The van der Waals surface area contributed by atoms with Gasteiger partial charge in [0.05, 0.1) is 12.0 Å². The van der Waals surface area contributed by atoms with E-state index in [4.69, 9.17) is 5.26 Å². The minimum Gasteiger partial charge on any atom is -0.337 e. The second kappa shape index (κ2) is 6.73.